The predicted octanol–water partition coefficient (Wildman–Crippen LogP) is 4.73. The highest BCUT2D eigenvalue weighted by atomic mass is 35.5. The molecule has 2 atom stereocenters. The number of amides is 1. The largest absolute Gasteiger partial charge is 0.322 e. The molecule has 1 N–H and O–H groups in total. The second-order valence-electron chi connectivity index (χ2n) is 10.6. The minimum Gasteiger partial charge on any atom is -0.322 e. The van der Waals surface area contributed by atoms with Crippen molar-refractivity contribution in [2.75, 3.05) is 5.32 Å². The molecule has 0 spiro atoms. The molecular weight excluding hydrogens is 436 g/mol. The Kier molecular flexibility index (Phi) is 4.70. The summed E-state index contributed by atoms with van der Waals surface area (Å²) in [5.41, 5.74) is 3.37. The maximum Gasteiger partial charge on any atom is 0.242 e. The van der Waals surface area contributed by atoms with Crippen LogP contribution in [0.15, 0.2) is 36.7 Å². The first-order valence-corrected chi connectivity index (χ1v) is 12.2. The lowest BCUT2D eigenvalue weighted by molar-refractivity contribution is -0.150. The van der Waals surface area contributed by atoms with Gasteiger partial charge in [-0.25, -0.2) is 9.67 Å². The number of aromatic nitrogens is 5. The molecule has 7 nitrogen and oxygen atoms in total. The molecule has 4 bridgehead atoms. The molecule has 0 radical (unpaired) electrons. The van der Waals surface area contributed by atoms with E-state index in [4.69, 9.17) is 16.7 Å². The van der Waals surface area contributed by atoms with E-state index in [9.17, 15) is 4.79 Å². The summed E-state index contributed by atoms with van der Waals surface area (Å²) in [5.74, 6) is 1.23. The molecule has 3 aromatic rings. The molecule has 4 aliphatic rings. The topological polar surface area (TPSA) is 77.6 Å². The number of anilines is 1. The lowest BCUT2D eigenvalue weighted by Gasteiger charge is -2.60. The fraction of sp³-hybridized carbons (Fsp3) is 0.520. The molecule has 172 valence electrons. The van der Waals surface area contributed by atoms with Crippen molar-refractivity contribution in [3.05, 3.63) is 58.9 Å². The van der Waals surface area contributed by atoms with Gasteiger partial charge < -0.3 is 5.32 Å². The van der Waals surface area contributed by atoms with Crippen molar-refractivity contribution in [2.24, 2.45) is 17.3 Å². The molecule has 4 fully saturated rings. The van der Waals surface area contributed by atoms with Crippen LogP contribution in [-0.2, 0) is 16.9 Å². The summed E-state index contributed by atoms with van der Waals surface area (Å²) in [6, 6.07) is 10.3. The zero-order chi connectivity index (χ0) is 22.8. The fourth-order valence-electron chi connectivity index (χ4n) is 7.25. The van der Waals surface area contributed by atoms with Gasteiger partial charge in [0.25, 0.3) is 0 Å². The monoisotopic (exact) mass is 464 g/mol. The first-order valence-electron chi connectivity index (χ1n) is 11.8. The Hall–Kier alpha value is -2.67. The Labute approximate surface area is 198 Å². The minimum absolute atomic E-state index is 0.137. The second kappa shape index (κ2) is 7.42. The third-order valence-electron chi connectivity index (χ3n) is 8.26. The summed E-state index contributed by atoms with van der Waals surface area (Å²) in [6.45, 7) is 4.70. The minimum atomic E-state index is -0.372. The number of hydrogen-bond donors (Lipinski definition) is 1. The van der Waals surface area contributed by atoms with Gasteiger partial charge in [-0.15, -0.1) is 5.10 Å². The summed E-state index contributed by atoms with van der Waals surface area (Å²) in [4.78, 5) is 18.1. The van der Waals surface area contributed by atoms with Crippen LogP contribution in [0.5, 0.6) is 0 Å². The SMILES string of the molecule is Cc1nn(Cc2ccccc2)c(C)c1NC(=O)C12CC3CC(C1)CC(n1cnc(Cl)n1)(C3)C2. The van der Waals surface area contributed by atoms with Gasteiger partial charge in [-0.05, 0) is 81.4 Å². The van der Waals surface area contributed by atoms with Gasteiger partial charge in [-0.3, -0.25) is 9.48 Å². The van der Waals surface area contributed by atoms with Gasteiger partial charge in [0.2, 0.25) is 11.2 Å². The van der Waals surface area contributed by atoms with Crippen LogP contribution in [0.4, 0.5) is 5.69 Å². The number of nitrogens with zero attached hydrogens (tertiary/aromatic N) is 5. The van der Waals surface area contributed by atoms with Gasteiger partial charge >= 0.3 is 0 Å². The number of carbonyl (C=O) groups is 1. The normalized spacial score (nSPS) is 30.0. The number of hydrogen-bond acceptors (Lipinski definition) is 4. The molecule has 0 saturated heterocycles. The summed E-state index contributed by atoms with van der Waals surface area (Å²) in [5, 5.41) is 12.8. The first-order chi connectivity index (χ1) is 15.9. The lowest BCUT2D eigenvalue weighted by atomic mass is 9.46. The summed E-state index contributed by atoms with van der Waals surface area (Å²) in [6.07, 6.45) is 7.80. The van der Waals surface area contributed by atoms with E-state index >= 15 is 0 Å². The summed E-state index contributed by atoms with van der Waals surface area (Å²) < 4.78 is 3.95. The highest BCUT2D eigenvalue weighted by Crippen LogP contribution is 2.64. The number of aryl methyl sites for hydroxylation is 1. The highest BCUT2D eigenvalue weighted by Gasteiger charge is 2.61. The molecule has 8 heteroatoms. The summed E-state index contributed by atoms with van der Waals surface area (Å²) >= 11 is 6.07. The zero-order valence-corrected chi connectivity index (χ0v) is 19.8. The second-order valence-corrected chi connectivity index (χ2v) is 10.9. The molecule has 1 aromatic carbocycles. The van der Waals surface area contributed by atoms with E-state index in [2.05, 4.69) is 27.5 Å². The highest BCUT2D eigenvalue weighted by molar-refractivity contribution is 6.28. The van der Waals surface area contributed by atoms with Crippen molar-refractivity contribution >= 4 is 23.2 Å². The van der Waals surface area contributed by atoms with E-state index in [0.717, 1.165) is 49.2 Å². The van der Waals surface area contributed by atoms with Crippen molar-refractivity contribution in [1.29, 1.82) is 0 Å². The first kappa shape index (κ1) is 20.9. The smallest absolute Gasteiger partial charge is 0.242 e. The van der Waals surface area contributed by atoms with Crippen LogP contribution in [-0.4, -0.2) is 30.5 Å². The van der Waals surface area contributed by atoms with Crippen LogP contribution >= 0.6 is 11.6 Å². The van der Waals surface area contributed by atoms with Crippen LogP contribution in [0.1, 0.15) is 55.5 Å². The Bertz CT molecular complexity index is 1200. The third-order valence-corrected chi connectivity index (χ3v) is 8.43. The van der Waals surface area contributed by atoms with Crippen LogP contribution in [0.25, 0.3) is 0 Å². The van der Waals surface area contributed by atoms with E-state index in [1.807, 2.05) is 41.4 Å². The maximum atomic E-state index is 13.9. The fourth-order valence-corrected chi connectivity index (χ4v) is 7.38. The molecule has 33 heavy (non-hydrogen) atoms. The Morgan fingerprint density at radius 1 is 1.12 bits per heavy atom. The number of benzene rings is 1. The van der Waals surface area contributed by atoms with Crippen molar-refractivity contribution in [1.82, 2.24) is 24.5 Å². The van der Waals surface area contributed by atoms with Crippen LogP contribution in [0, 0.1) is 31.1 Å². The standard InChI is InChI=1S/C25H29ClN6O/c1-16-21(17(2)31(29-16)13-18-6-4-3-5-7-18)28-22(33)24-9-19-8-20(10-24)12-25(11-19,14-24)32-15-27-23(26)30-32/h3-7,15,19-20H,8-14H2,1-2H3,(H,28,33). The molecular formula is C25H29ClN6O. The quantitative estimate of drug-likeness (QED) is 0.592. The van der Waals surface area contributed by atoms with E-state index in [0.29, 0.717) is 18.4 Å². The average molecular weight is 465 g/mol. The number of halogens is 1. The molecule has 0 aliphatic heterocycles. The van der Waals surface area contributed by atoms with Gasteiger partial charge in [-0.2, -0.15) is 5.10 Å². The number of carbonyl (C=O) groups excluding carboxylic acids is 1. The van der Waals surface area contributed by atoms with Crippen LogP contribution in [0.3, 0.4) is 0 Å². The maximum absolute atomic E-state index is 13.9. The van der Waals surface area contributed by atoms with Crippen molar-refractivity contribution in [3.63, 3.8) is 0 Å². The zero-order valence-electron chi connectivity index (χ0n) is 19.1. The Morgan fingerprint density at radius 3 is 2.52 bits per heavy atom. The lowest BCUT2D eigenvalue weighted by Crippen LogP contribution is -2.60. The van der Waals surface area contributed by atoms with E-state index in [1.54, 1.807) is 6.33 Å². The van der Waals surface area contributed by atoms with Gasteiger partial charge in [0.05, 0.1) is 34.6 Å². The van der Waals surface area contributed by atoms with Crippen molar-refractivity contribution < 1.29 is 4.79 Å². The average Bonchev–Trinajstić information content (AvgIpc) is 3.33. The van der Waals surface area contributed by atoms with E-state index < -0.39 is 0 Å². The molecule has 2 heterocycles. The molecule has 4 aliphatic carbocycles. The van der Waals surface area contributed by atoms with Gasteiger partial charge in [0.1, 0.15) is 6.33 Å². The van der Waals surface area contributed by atoms with E-state index in [1.165, 1.54) is 12.0 Å². The van der Waals surface area contributed by atoms with Gasteiger partial charge in [0.15, 0.2) is 0 Å². The van der Waals surface area contributed by atoms with Crippen LogP contribution < -0.4 is 5.32 Å². The Morgan fingerprint density at radius 2 is 1.85 bits per heavy atom. The van der Waals surface area contributed by atoms with Crippen LogP contribution in [0.2, 0.25) is 5.28 Å². The molecule has 2 aromatic heterocycles. The summed E-state index contributed by atoms with van der Waals surface area (Å²) in [7, 11) is 0. The van der Waals surface area contributed by atoms with Gasteiger partial charge in [0, 0.05) is 0 Å². The van der Waals surface area contributed by atoms with Crippen molar-refractivity contribution in [3.8, 4) is 0 Å². The Balaban J connectivity index is 1.28. The molecule has 4 saturated carbocycles. The number of rotatable bonds is 5. The predicted molar refractivity (Wildman–Crippen MR) is 126 cm³/mol. The molecule has 1 amide bonds. The third kappa shape index (κ3) is 3.39. The van der Waals surface area contributed by atoms with Crippen molar-refractivity contribution in [2.45, 2.75) is 64.5 Å². The van der Waals surface area contributed by atoms with Gasteiger partial charge in [-0.1, -0.05) is 30.3 Å². The van der Waals surface area contributed by atoms with E-state index in [-0.39, 0.29) is 22.1 Å². The molecule has 7 rings (SSSR count). The number of nitrogens with one attached hydrogen (secondary N) is 1. The molecule has 2 unspecified atom stereocenters.